The number of anilines is 2. The fourth-order valence-corrected chi connectivity index (χ4v) is 2.87. The van der Waals surface area contributed by atoms with Gasteiger partial charge < -0.3 is 10.1 Å². The fraction of sp³-hybridized carbons (Fsp3) is 0.118. The number of thiophene rings is 1. The molecule has 122 valence electrons. The molecule has 2 aromatic rings. The van der Waals surface area contributed by atoms with Crippen molar-refractivity contribution in [3.05, 3.63) is 52.7 Å². The standard InChI is InChI=1S/C17H14N2O4S/c20-15-10-19(14-6-2-1-5-13(14)18-15)16(21)11-23-17(22)8-7-12-4-3-9-24-12/h1-9H,10-11H2,(H,18,20)/b8-7+. The number of carbonyl (C=O) groups excluding carboxylic acids is 3. The highest BCUT2D eigenvalue weighted by Crippen LogP contribution is 2.28. The predicted molar refractivity (Wildman–Crippen MR) is 91.7 cm³/mol. The highest BCUT2D eigenvalue weighted by atomic mass is 32.1. The quantitative estimate of drug-likeness (QED) is 0.683. The second kappa shape index (κ2) is 7.10. The molecule has 2 amide bonds. The summed E-state index contributed by atoms with van der Waals surface area (Å²) in [6.45, 7) is -0.520. The summed E-state index contributed by atoms with van der Waals surface area (Å²) < 4.78 is 4.96. The van der Waals surface area contributed by atoms with Crippen LogP contribution in [-0.2, 0) is 19.1 Å². The zero-order valence-electron chi connectivity index (χ0n) is 12.6. The molecule has 1 N–H and O–H groups in total. The van der Waals surface area contributed by atoms with Gasteiger partial charge in [0.2, 0.25) is 5.91 Å². The molecule has 7 heteroatoms. The Morgan fingerprint density at radius 2 is 2.08 bits per heavy atom. The number of esters is 1. The molecule has 1 aliphatic heterocycles. The molecule has 6 nitrogen and oxygen atoms in total. The number of amides is 2. The minimum atomic E-state index is -0.605. The molecule has 0 aliphatic carbocycles. The van der Waals surface area contributed by atoms with Gasteiger partial charge in [0.25, 0.3) is 5.91 Å². The Morgan fingerprint density at radius 3 is 2.88 bits per heavy atom. The van der Waals surface area contributed by atoms with Crippen LogP contribution < -0.4 is 10.2 Å². The first-order valence-corrected chi connectivity index (χ1v) is 8.09. The number of nitrogens with zero attached hydrogens (tertiary/aromatic N) is 1. The summed E-state index contributed by atoms with van der Waals surface area (Å²) in [5.74, 6) is -1.34. The van der Waals surface area contributed by atoms with E-state index >= 15 is 0 Å². The number of fused-ring (bicyclic) bond motifs is 1. The van der Waals surface area contributed by atoms with Gasteiger partial charge in [0, 0.05) is 11.0 Å². The van der Waals surface area contributed by atoms with Crippen LogP contribution in [0.5, 0.6) is 0 Å². The van der Waals surface area contributed by atoms with Crippen LogP contribution >= 0.6 is 11.3 Å². The molecular weight excluding hydrogens is 328 g/mol. The number of rotatable bonds is 4. The Kier molecular flexibility index (Phi) is 4.72. The summed E-state index contributed by atoms with van der Waals surface area (Å²) in [5, 5.41) is 4.59. The average molecular weight is 342 g/mol. The fourth-order valence-electron chi connectivity index (χ4n) is 2.25. The largest absolute Gasteiger partial charge is 0.452 e. The highest BCUT2D eigenvalue weighted by molar-refractivity contribution is 7.10. The van der Waals surface area contributed by atoms with Crippen LogP contribution in [0, 0.1) is 0 Å². The van der Waals surface area contributed by atoms with Crippen molar-refractivity contribution >= 4 is 46.6 Å². The number of benzene rings is 1. The van der Waals surface area contributed by atoms with Gasteiger partial charge in [0.15, 0.2) is 6.61 Å². The van der Waals surface area contributed by atoms with E-state index in [1.54, 1.807) is 30.3 Å². The Balaban J connectivity index is 1.61. The van der Waals surface area contributed by atoms with E-state index < -0.39 is 18.5 Å². The van der Waals surface area contributed by atoms with Crippen LogP contribution in [0.15, 0.2) is 47.9 Å². The zero-order chi connectivity index (χ0) is 16.9. The van der Waals surface area contributed by atoms with E-state index in [0.717, 1.165) is 4.88 Å². The molecular formula is C17H14N2O4S. The number of hydrogen-bond acceptors (Lipinski definition) is 5. The molecule has 0 bridgehead atoms. The smallest absolute Gasteiger partial charge is 0.331 e. The first-order chi connectivity index (χ1) is 11.6. The van der Waals surface area contributed by atoms with Crippen LogP contribution in [0.25, 0.3) is 6.08 Å². The van der Waals surface area contributed by atoms with Gasteiger partial charge in [-0.3, -0.25) is 14.5 Å². The van der Waals surface area contributed by atoms with Crippen LogP contribution in [-0.4, -0.2) is 30.9 Å². The molecule has 0 spiro atoms. The van der Waals surface area contributed by atoms with E-state index in [4.69, 9.17) is 4.74 Å². The van der Waals surface area contributed by atoms with E-state index in [1.807, 2.05) is 17.5 Å². The Bertz CT molecular complexity index is 799. The van der Waals surface area contributed by atoms with Crippen LogP contribution in [0.1, 0.15) is 4.88 Å². The third-order valence-electron chi connectivity index (χ3n) is 3.34. The van der Waals surface area contributed by atoms with Crippen LogP contribution in [0.3, 0.4) is 0 Å². The lowest BCUT2D eigenvalue weighted by Crippen LogP contribution is -2.43. The number of para-hydroxylation sites is 2. The van der Waals surface area contributed by atoms with Crippen molar-refractivity contribution in [3.8, 4) is 0 Å². The van der Waals surface area contributed by atoms with Crippen molar-refractivity contribution in [1.82, 2.24) is 0 Å². The Hall–Kier alpha value is -2.93. The first-order valence-electron chi connectivity index (χ1n) is 7.21. The van der Waals surface area contributed by atoms with Gasteiger partial charge in [-0.05, 0) is 29.7 Å². The zero-order valence-corrected chi connectivity index (χ0v) is 13.4. The summed E-state index contributed by atoms with van der Waals surface area (Å²) >= 11 is 1.49. The number of hydrogen-bond donors (Lipinski definition) is 1. The summed E-state index contributed by atoms with van der Waals surface area (Å²) in [7, 11) is 0. The van der Waals surface area contributed by atoms with Crippen LogP contribution in [0.4, 0.5) is 11.4 Å². The molecule has 1 aromatic carbocycles. The lowest BCUT2D eigenvalue weighted by atomic mass is 10.2. The average Bonchev–Trinajstić information content (AvgIpc) is 3.10. The Morgan fingerprint density at radius 1 is 1.25 bits per heavy atom. The summed E-state index contributed by atoms with van der Waals surface area (Å²) in [6, 6.07) is 10.7. The summed E-state index contributed by atoms with van der Waals surface area (Å²) in [4.78, 5) is 37.9. The van der Waals surface area contributed by atoms with Gasteiger partial charge in [0.05, 0.1) is 11.4 Å². The van der Waals surface area contributed by atoms with E-state index in [9.17, 15) is 14.4 Å². The van der Waals surface area contributed by atoms with Crippen molar-refractivity contribution in [2.24, 2.45) is 0 Å². The number of ether oxygens (including phenoxy) is 1. The normalized spacial score (nSPS) is 13.5. The highest BCUT2D eigenvalue weighted by Gasteiger charge is 2.26. The van der Waals surface area contributed by atoms with E-state index in [1.165, 1.54) is 22.3 Å². The second-order valence-corrected chi connectivity index (χ2v) is 5.98. The van der Waals surface area contributed by atoms with E-state index in [2.05, 4.69) is 5.32 Å². The minimum absolute atomic E-state index is 0.0988. The van der Waals surface area contributed by atoms with Crippen molar-refractivity contribution < 1.29 is 19.1 Å². The molecule has 3 rings (SSSR count). The second-order valence-electron chi connectivity index (χ2n) is 5.00. The first kappa shape index (κ1) is 15.9. The summed E-state index contributed by atoms with van der Waals surface area (Å²) in [6.07, 6.45) is 2.90. The van der Waals surface area contributed by atoms with E-state index in [-0.39, 0.29) is 12.5 Å². The van der Waals surface area contributed by atoms with Crippen LogP contribution in [0.2, 0.25) is 0 Å². The molecule has 2 heterocycles. The van der Waals surface area contributed by atoms with E-state index in [0.29, 0.717) is 11.4 Å². The molecule has 24 heavy (non-hydrogen) atoms. The monoisotopic (exact) mass is 342 g/mol. The summed E-state index contributed by atoms with van der Waals surface area (Å²) in [5.41, 5.74) is 1.15. The maximum atomic E-state index is 12.3. The maximum absolute atomic E-state index is 12.3. The third-order valence-corrected chi connectivity index (χ3v) is 4.17. The topological polar surface area (TPSA) is 75.7 Å². The molecule has 0 atom stereocenters. The number of carbonyl (C=O) groups is 3. The van der Waals surface area contributed by atoms with Gasteiger partial charge in [-0.2, -0.15) is 0 Å². The van der Waals surface area contributed by atoms with Crippen molar-refractivity contribution in [2.75, 3.05) is 23.4 Å². The van der Waals surface area contributed by atoms with Gasteiger partial charge in [0.1, 0.15) is 6.54 Å². The maximum Gasteiger partial charge on any atom is 0.331 e. The molecule has 0 saturated carbocycles. The van der Waals surface area contributed by atoms with Gasteiger partial charge in [-0.25, -0.2) is 4.79 Å². The molecule has 0 radical (unpaired) electrons. The Labute approximate surface area is 142 Å². The molecule has 0 saturated heterocycles. The van der Waals surface area contributed by atoms with Gasteiger partial charge in [-0.15, -0.1) is 11.3 Å². The lowest BCUT2D eigenvalue weighted by molar-refractivity contribution is -0.143. The van der Waals surface area contributed by atoms with Crippen molar-refractivity contribution in [2.45, 2.75) is 0 Å². The minimum Gasteiger partial charge on any atom is -0.452 e. The van der Waals surface area contributed by atoms with Crippen molar-refractivity contribution in [3.63, 3.8) is 0 Å². The lowest BCUT2D eigenvalue weighted by Gasteiger charge is -2.28. The molecule has 1 aliphatic rings. The predicted octanol–water partition coefficient (Wildman–Crippen LogP) is 2.29. The third kappa shape index (κ3) is 3.69. The molecule has 1 aromatic heterocycles. The molecule has 0 unspecified atom stereocenters. The SMILES string of the molecule is O=C1CN(C(=O)COC(=O)/C=C/c2cccs2)c2ccccc2N1. The molecule has 0 fully saturated rings. The van der Waals surface area contributed by atoms with Crippen molar-refractivity contribution in [1.29, 1.82) is 0 Å². The van der Waals surface area contributed by atoms with Gasteiger partial charge >= 0.3 is 5.97 Å². The number of nitrogens with one attached hydrogen (secondary N) is 1. The van der Waals surface area contributed by atoms with Gasteiger partial charge in [-0.1, -0.05) is 18.2 Å².